The molecule has 6 aromatic heterocycles. The smallest absolute Gasteiger partial charge is 0.328 e. The van der Waals surface area contributed by atoms with Gasteiger partial charge in [-0.2, -0.15) is 0 Å². The first-order valence-electron chi connectivity index (χ1n) is 38.4. The van der Waals surface area contributed by atoms with Crippen molar-refractivity contribution in [3.8, 4) is 17.2 Å². The molecule has 4 N–H and O–H groups in total. The number of pyridine rings is 3. The number of carbonyl (C=O) groups excluding carboxylic acids is 12. The van der Waals surface area contributed by atoms with Gasteiger partial charge in [-0.15, -0.1) is 0 Å². The minimum atomic E-state index is -1.88. The average Bonchev–Trinajstić information content (AvgIpc) is 1.58. The van der Waals surface area contributed by atoms with E-state index in [1.807, 2.05) is 4.90 Å². The van der Waals surface area contributed by atoms with Gasteiger partial charge in [0.1, 0.15) is 45.5 Å². The number of nitrogens with zero attached hydrogens (tertiary/aromatic N) is 10. The highest BCUT2D eigenvalue weighted by Crippen LogP contribution is 2.44. The Hall–Kier alpha value is -13.6. The topological polar surface area (TPSA) is 417 Å². The number of halogens is 2. The zero-order valence-electron chi connectivity index (χ0n) is 68.5. The van der Waals surface area contributed by atoms with Crippen LogP contribution in [0.25, 0.3) is 33.0 Å². The summed E-state index contributed by atoms with van der Waals surface area (Å²) in [4.78, 5) is 180. The van der Waals surface area contributed by atoms with E-state index in [9.17, 15) is 71.4 Å². The van der Waals surface area contributed by atoms with Crippen LogP contribution >= 0.6 is 0 Å². The van der Waals surface area contributed by atoms with Crippen LogP contribution in [-0.4, -0.2) is 201 Å². The monoisotopic (exact) mass is 1670 g/mol. The van der Waals surface area contributed by atoms with Crippen molar-refractivity contribution >= 4 is 110 Å². The van der Waals surface area contributed by atoms with E-state index in [0.29, 0.717) is 92.2 Å². The molecule has 0 unspecified atom stereocenters. The van der Waals surface area contributed by atoms with Gasteiger partial charge in [-0.05, 0) is 154 Å². The molecule has 0 radical (unpaired) electrons. The molecule has 4 saturated heterocycles. The molecule has 9 aromatic rings. The lowest BCUT2D eigenvalue weighted by Crippen LogP contribution is -2.52. The number of aliphatic hydroxyl groups is 1. The number of imide groups is 3. The average molecular weight is 1670 g/mol. The largest absolute Gasteiger partial charge is 0.497 e. The fourth-order valence-electron chi connectivity index (χ4n) is 14.9. The van der Waals surface area contributed by atoms with Crippen molar-refractivity contribution < 1.29 is 113 Å². The number of aryl methyl sites for hydroxylation is 2. The Morgan fingerprint density at radius 2 is 0.983 bits per heavy atom. The van der Waals surface area contributed by atoms with Crippen molar-refractivity contribution in [2.24, 2.45) is 16.2 Å². The quantitative estimate of drug-likeness (QED) is 0.0333. The summed E-state index contributed by atoms with van der Waals surface area (Å²) in [5, 5.41) is 19.2. The van der Waals surface area contributed by atoms with Gasteiger partial charge in [0.15, 0.2) is 65.5 Å². The number of esters is 3. The van der Waals surface area contributed by atoms with Crippen LogP contribution in [0.3, 0.4) is 0 Å². The molecule has 4 fully saturated rings. The lowest BCUT2D eigenvalue weighted by Gasteiger charge is -2.29. The summed E-state index contributed by atoms with van der Waals surface area (Å²) in [6, 6.07) is 20.2. The van der Waals surface area contributed by atoms with Crippen LogP contribution in [-0.2, 0) is 79.2 Å². The third-order valence-electron chi connectivity index (χ3n) is 21.7. The summed E-state index contributed by atoms with van der Waals surface area (Å²) >= 11 is 0. The number of nitrogens with one attached hydrogen (secondary N) is 3. The number of hydrogen-bond acceptors (Lipinski definition) is 26. The van der Waals surface area contributed by atoms with E-state index < -0.39 is 136 Å². The number of furan rings is 3. The van der Waals surface area contributed by atoms with E-state index in [0.717, 1.165) is 20.3 Å². The predicted octanol–water partition coefficient (Wildman–Crippen LogP) is 8.82. The molecule has 37 heteroatoms. The summed E-state index contributed by atoms with van der Waals surface area (Å²) in [5.41, 5.74) is -3.53. The van der Waals surface area contributed by atoms with Crippen LogP contribution < -0.4 is 35.1 Å². The highest BCUT2D eigenvalue weighted by molar-refractivity contribution is 6.11. The lowest BCUT2D eigenvalue weighted by atomic mass is 9.94. The van der Waals surface area contributed by atoms with Gasteiger partial charge in [0.25, 0.3) is 35.4 Å². The maximum absolute atomic E-state index is 15.0. The predicted molar refractivity (Wildman–Crippen MR) is 420 cm³/mol. The van der Waals surface area contributed by atoms with Gasteiger partial charge in [0, 0.05) is 85.0 Å². The van der Waals surface area contributed by atoms with Gasteiger partial charge in [-0.1, -0.05) is 18.2 Å². The summed E-state index contributed by atoms with van der Waals surface area (Å²) in [5.74, 6) is -6.24. The standard InChI is InChI=1S/C30H33N5O8.2C27H27FN4O7/c1-29(2,3)27(39)42-16-35-26(38)30(32-28(35)40,15-34-13-17-5-6-19(41-4)11-20(17)25(34)37)23-12-21-22(43-23)7-8-24(31-21)33-10-9-18(36)14-33;1-14-8-18-16(10-29-14)9-19(39-18)27(23(34)32(25(36)30-27)13-38-24(35)26(2,3)4)12-31-11-15-6-7-17(37-5)21(28)20(15)22(31)33;1-14-16-10-19(39-17(16)8-9-29-14)27(23(34)32(25(36)30-27)13-38-24(35)26(2,3)4)12-31-11-15-6-7-18(37-5)21(28)20(15)22(31)33/h5-8,11-12,18,36H,9-10,13-16H2,1-4H3,(H,32,40);2*6-10H,11-13H2,1-5H3,(H,30,36)/t18-,30+;2*27-/m100/s1. The number of aliphatic hydroxyl groups excluding tert-OH is 1. The number of rotatable bonds is 19. The minimum Gasteiger partial charge on any atom is -0.497 e. The SMILES string of the molecule is COc1ccc2c(c1)C(=O)N(C[C@@]1(c3cc4nc(N5CC[C@@H](O)C5)ccc4o3)NC(=O)N(COC(=O)C(C)(C)C)C1=O)C2.COc1ccc2c(c1F)C(=O)N(C[C@@]1(c3cc4c(C)nccc4o3)NC(=O)N(COC(=O)C(C)(C)C)C1=O)C2.COc1ccc2c(c1F)C(=O)N(C[C@@]1(c3cc4cnc(C)cc4o3)NC(=O)N(COC(=O)C(C)(C)C)C1=O)C2. The fourth-order valence-corrected chi connectivity index (χ4v) is 14.9. The third kappa shape index (κ3) is 15.3. The normalized spacial score (nSPS) is 20.1. The van der Waals surface area contributed by atoms with E-state index in [1.54, 1.807) is 161 Å². The summed E-state index contributed by atoms with van der Waals surface area (Å²) in [6.07, 6.45) is 3.30. The van der Waals surface area contributed by atoms with Crippen LogP contribution in [0.4, 0.5) is 29.0 Å². The number of benzene rings is 3. The number of amides is 12. The van der Waals surface area contributed by atoms with E-state index in [4.69, 9.17) is 41.7 Å². The zero-order chi connectivity index (χ0) is 87.2. The molecule has 16 rings (SSSR count). The molecule has 121 heavy (non-hydrogen) atoms. The van der Waals surface area contributed by atoms with Crippen molar-refractivity contribution in [1.29, 1.82) is 0 Å². The van der Waals surface area contributed by atoms with Gasteiger partial charge < -0.3 is 82.3 Å². The van der Waals surface area contributed by atoms with Gasteiger partial charge in [0.2, 0.25) is 0 Å². The molecular weight excluding hydrogens is 1580 g/mol. The first-order chi connectivity index (χ1) is 57.1. The molecule has 4 atom stereocenters. The Bertz CT molecular complexity index is 5840. The van der Waals surface area contributed by atoms with Crippen molar-refractivity contribution in [2.75, 3.05) is 79.1 Å². The molecule has 0 aliphatic carbocycles. The molecule has 3 aromatic carbocycles. The highest BCUT2D eigenvalue weighted by atomic mass is 19.1. The summed E-state index contributed by atoms with van der Waals surface area (Å²) < 4.78 is 79.3. The van der Waals surface area contributed by atoms with E-state index >= 15 is 0 Å². The molecule has 12 amide bonds. The number of ether oxygens (including phenoxy) is 6. The molecule has 0 spiro atoms. The Morgan fingerprint density at radius 3 is 1.45 bits per heavy atom. The molecule has 13 heterocycles. The van der Waals surface area contributed by atoms with Crippen LogP contribution in [0.15, 0.2) is 111 Å². The van der Waals surface area contributed by atoms with Crippen molar-refractivity contribution in [2.45, 2.75) is 125 Å². The van der Waals surface area contributed by atoms with Gasteiger partial charge in [0.05, 0.1) is 74.4 Å². The van der Waals surface area contributed by atoms with Gasteiger partial charge in [-0.3, -0.25) is 53.1 Å². The second-order valence-electron chi connectivity index (χ2n) is 33.3. The van der Waals surface area contributed by atoms with E-state index in [-0.39, 0.29) is 85.1 Å². The number of fused-ring (bicyclic) bond motifs is 6. The number of carbonyl (C=O) groups is 12. The maximum atomic E-state index is 15.0. The second kappa shape index (κ2) is 31.3. The third-order valence-corrected chi connectivity index (χ3v) is 21.7. The number of anilines is 1. The lowest BCUT2D eigenvalue weighted by molar-refractivity contribution is -0.160. The van der Waals surface area contributed by atoms with Crippen LogP contribution in [0.5, 0.6) is 17.2 Å². The molecule has 35 nitrogen and oxygen atoms in total. The van der Waals surface area contributed by atoms with E-state index in [1.165, 1.54) is 48.2 Å². The molecule has 0 saturated carbocycles. The Labute approximate surface area is 689 Å². The first kappa shape index (κ1) is 83.9. The van der Waals surface area contributed by atoms with Gasteiger partial charge >= 0.3 is 36.0 Å². The Balaban J connectivity index is 0.000000149. The molecule has 634 valence electrons. The summed E-state index contributed by atoms with van der Waals surface area (Å²) in [6.45, 7) is 16.8. The van der Waals surface area contributed by atoms with Crippen LogP contribution in [0.1, 0.15) is 145 Å². The van der Waals surface area contributed by atoms with Crippen molar-refractivity contribution in [3.05, 3.63) is 171 Å². The number of urea groups is 3. The maximum Gasteiger partial charge on any atom is 0.328 e. The molecule has 7 aliphatic rings. The van der Waals surface area contributed by atoms with E-state index in [2.05, 4.69) is 30.9 Å². The number of hydrogen-bond donors (Lipinski definition) is 4. The Morgan fingerprint density at radius 1 is 0.529 bits per heavy atom. The number of methoxy groups -OCH3 is 3. The molecule has 7 aliphatic heterocycles. The Kier molecular flexibility index (Phi) is 21.7. The molecule has 0 bridgehead atoms. The van der Waals surface area contributed by atoms with Crippen LogP contribution in [0, 0.1) is 41.7 Å². The number of β-amino-alcohol motifs (C(OH)–C–C–N with tert-alkyl or cyclic N) is 1. The van der Waals surface area contributed by atoms with Crippen LogP contribution in [0.2, 0.25) is 0 Å². The van der Waals surface area contributed by atoms with Crippen molar-refractivity contribution in [1.82, 2.24) is 60.3 Å². The molecular formula is C84H87F2N13O22. The second-order valence-corrected chi connectivity index (χ2v) is 33.3. The van der Waals surface area contributed by atoms with Crippen molar-refractivity contribution in [3.63, 3.8) is 0 Å². The first-order valence-corrected chi connectivity index (χ1v) is 38.4. The number of aromatic nitrogens is 3. The van der Waals surface area contributed by atoms with Gasteiger partial charge in [-0.25, -0.2) is 42.8 Å². The minimum absolute atomic E-state index is 0.0140. The fraction of sp³-hybridized carbons (Fsp3) is 0.393. The zero-order valence-corrected chi connectivity index (χ0v) is 68.5. The highest BCUT2D eigenvalue weighted by Gasteiger charge is 2.61. The summed E-state index contributed by atoms with van der Waals surface area (Å²) in [7, 11) is 4.10.